The molecule has 0 aliphatic carbocycles. The number of nitrogens with one attached hydrogen (secondary N) is 1. The first-order valence-electron chi connectivity index (χ1n) is 6.08. The largest absolute Gasteiger partial charge is 0.452 e. The molecule has 1 rings (SSSR count). The summed E-state index contributed by atoms with van der Waals surface area (Å²) in [4.78, 5) is 22.7. The third-order valence-electron chi connectivity index (χ3n) is 2.34. The summed E-state index contributed by atoms with van der Waals surface area (Å²) < 4.78 is 9.54. The molecule has 0 heterocycles. The number of rotatable bonds is 7. The van der Waals surface area contributed by atoms with E-state index in [9.17, 15) is 9.59 Å². The standard InChI is InChI=1S/C14H15Cl2NO4/c1-20-7-6-17-13(18)9-21-14(19)5-3-10-2-4-11(15)8-12(10)16/h2-5,8H,6-7,9H2,1H3,(H,17,18)/b5-3+. The average molecular weight is 332 g/mol. The lowest BCUT2D eigenvalue weighted by Crippen LogP contribution is -2.31. The van der Waals surface area contributed by atoms with Crippen molar-refractivity contribution in [2.45, 2.75) is 0 Å². The van der Waals surface area contributed by atoms with E-state index in [4.69, 9.17) is 32.7 Å². The van der Waals surface area contributed by atoms with Crippen LogP contribution in [0.5, 0.6) is 0 Å². The Morgan fingerprint density at radius 3 is 2.76 bits per heavy atom. The van der Waals surface area contributed by atoms with Crippen LogP contribution >= 0.6 is 23.2 Å². The highest BCUT2D eigenvalue weighted by atomic mass is 35.5. The SMILES string of the molecule is COCCNC(=O)COC(=O)/C=C/c1ccc(Cl)cc1Cl. The maximum atomic E-state index is 11.4. The molecular formula is C14H15Cl2NO4. The van der Waals surface area contributed by atoms with Crippen LogP contribution in [0.2, 0.25) is 10.0 Å². The van der Waals surface area contributed by atoms with Gasteiger partial charge in [0.25, 0.3) is 5.91 Å². The number of hydrogen-bond acceptors (Lipinski definition) is 4. The monoisotopic (exact) mass is 331 g/mol. The zero-order valence-corrected chi connectivity index (χ0v) is 12.9. The van der Waals surface area contributed by atoms with E-state index in [1.807, 2.05) is 0 Å². The summed E-state index contributed by atoms with van der Waals surface area (Å²) in [5.74, 6) is -1.03. The minimum atomic E-state index is -0.636. The normalized spacial score (nSPS) is 10.6. The van der Waals surface area contributed by atoms with Crippen molar-refractivity contribution in [3.8, 4) is 0 Å². The van der Waals surface area contributed by atoms with Gasteiger partial charge in [-0.1, -0.05) is 29.3 Å². The van der Waals surface area contributed by atoms with Crippen molar-refractivity contribution in [3.05, 3.63) is 39.9 Å². The highest BCUT2D eigenvalue weighted by Crippen LogP contribution is 2.21. The number of methoxy groups -OCH3 is 1. The Bertz CT molecular complexity index is 532. The van der Waals surface area contributed by atoms with Crippen molar-refractivity contribution >= 4 is 41.2 Å². The third kappa shape index (κ3) is 7.13. The van der Waals surface area contributed by atoms with Crippen LogP contribution in [0.3, 0.4) is 0 Å². The molecule has 1 aromatic carbocycles. The van der Waals surface area contributed by atoms with E-state index < -0.39 is 11.9 Å². The number of carbonyl (C=O) groups is 2. The molecule has 0 radical (unpaired) electrons. The maximum Gasteiger partial charge on any atom is 0.331 e. The van der Waals surface area contributed by atoms with Crippen LogP contribution in [0.1, 0.15) is 5.56 Å². The van der Waals surface area contributed by atoms with Gasteiger partial charge in [0.05, 0.1) is 6.61 Å². The number of hydrogen-bond donors (Lipinski definition) is 1. The topological polar surface area (TPSA) is 64.6 Å². The lowest BCUT2D eigenvalue weighted by molar-refractivity contribution is -0.143. The Morgan fingerprint density at radius 2 is 2.10 bits per heavy atom. The molecule has 21 heavy (non-hydrogen) atoms. The molecule has 0 aliphatic rings. The number of amides is 1. The molecule has 0 saturated heterocycles. The van der Waals surface area contributed by atoms with Crippen LogP contribution in [0, 0.1) is 0 Å². The van der Waals surface area contributed by atoms with E-state index in [0.717, 1.165) is 0 Å². The number of benzene rings is 1. The van der Waals surface area contributed by atoms with Crippen LogP contribution in [0.4, 0.5) is 0 Å². The van der Waals surface area contributed by atoms with Gasteiger partial charge in [-0.25, -0.2) is 4.79 Å². The summed E-state index contributed by atoms with van der Waals surface area (Å²) in [6, 6.07) is 4.89. The second-order valence-corrected chi connectivity index (χ2v) is 4.79. The molecule has 0 spiro atoms. The third-order valence-corrected chi connectivity index (χ3v) is 2.90. The Kier molecular flexibility index (Phi) is 7.82. The molecule has 0 fully saturated rings. The number of carbonyl (C=O) groups excluding carboxylic acids is 2. The van der Waals surface area contributed by atoms with Crippen LogP contribution < -0.4 is 5.32 Å². The molecule has 0 unspecified atom stereocenters. The summed E-state index contributed by atoms with van der Waals surface area (Å²) in [5, 5.41) is 3.45. The van der Waals surface area contributed by atoms with Crippen molar-refractivity contribution in [1.82, 2.24) is 5.32 Å². The van der Waals surface area contributed by atoms with Crippen molar-refractivity contribution in [2.75, 3.05) is 26.9 Å². The molecule has 114 valence electrons. The predicted molar refractivity (Wildman–Crippen MR) is 81.3 cm³/mol. The lowest BCUT2D eigenvalue weighted by Gasteiger charge is -2.04. The first-order chi connectivity index (χ1) is 10.0. The van der Waals surface area contributed by atoms with Gasteiger partial charge in [-0.3, -0.25) is 4.79 Å². The fraction of sp³-hybridized carbons (Fsp3) is 0.286. The molecule has 1 aromatic rings. The molecule has 5 nitrogen and oxygen atoms in total. The second kappa shape index (κ2) is 9.39. The second-order valence-electron chi connectivity index (χ2n) is 3.95. The lowest BCUT2D eigenvalue weighted by atomic mass is 10.2. The van der Waals surface area contributed by atoms with E-state index in [0.29, 0.717) is 28.8 Å². The highest BCUT2D eigenvalue weighted by molar-refractivity contribution is 6.35. The van der Waals surface area contributed by atoms with Gasteiger partial charge in [0.15, 0.2) is 6.61 Å². The van der Waals surface area contributed by atoms with Gasteiger partial charge in [-0.2, -0.15) is 0 Å². The van der Waals surface area contributed by atoms with Crippen molar-refractivity contribution in [2.24, 2.45) is 0 Å². The van der Waals surface area contributed by atoms with Crippen molar-refractivity contribution < 1.29 is 19.1 Å². The molecule has 1 N–H and O–H groups in total. The Labute approximate surface area is 132 Å². The zero-order chi connectivity index (χ0) is 15.7. The molecule has 7 heteroatoms. The fourth-order valence-corrected chi connectivity index (χ4v) is 1.79. The number of halogens is 2. The highest BCUT2D eigenvalue weighted by Gasteiger charge is 2.04. The van der Waals surface area contributed by atoms with E-state index in [2.05, 4.69) is 5.32 Å². The molecule has 1 amide bonds. The van der Waals surface area contributed by atoms with Gasteiger partial charge >= 0.3 is 5.97 Å². The van der Waals surface area contributed by atoms with Crippen LogP contribution in [0.25, 0.3) is 6.08 Å². The molecule has 0 aromatic heterocycles. The molecule has 0 saturated carbocycles. The smallest absolute Gasteiger partial charge is 0.331 e. The van der Waals surface area contributed by atoms with Crippen LogP contribution in [0.15, 0.2) is 24.3 Å². The minimum Gasteiger partial charge on any atom is -0.452 e. The van der Waals surface area contributed by atoms with E-state index >= 15 is 0 Å². The molecule has 0 bridgehead atoms. The van der Waals surface area contributed by atoms with E-state index in [1.165, 1.54) is 19.3 Å². The van der Waals surface area contributed by atoms with E-state index in [1.54, 1.807) is 18.2 Å². The average Bonchev–Trinajstić information content (AvgIpc) is 2.44. The first-order valence-corrected chi connectivity index (χ1v) is 6.84. The summed E-state index contributed by atoms with van der Waals surface area (Å²) in [5.41, 5.74) is 0.627. The number of ether oxygens (including phenoxy) is 2. The van der Waals surface area contributed by atoms with Gasteiger partial charge in [0.2, 0.25) is 0 Å². The summed E-state index contributed by atoms with van der Waals surface area (Å²) in [6.07, 6.45) is 2.68. The number of esters is 1. The summed E-state index contributed by atoms with van der Waals surface area (Å²) in [7, 11) is 1.53. The quantitative estimate of drug-likeness (QED) is 0.473. The first kappa shape index (κ1) is 17.5. The Hall–Kier alpha value is -1.56. The van der Waals surface area contributed by atoms with Crippen molar-refractivity contribution in [3.63, 3.8) is 0 Å². The predicted octanol–water partition coefficient (Wildman–Crippen LogP) is 2.31. The fourth-order valence-electron chi connectivity index (χ4n) is 1.32. The Morgan fingerprint density at radius 1 is 1.33 bits per heavy atom. The van der Waals surface area contributed by atoms with Crippen molar-refractivity contribution in [1.29, 1.82) is 0 Å². The minimum absolute atomic E-state index is 0.346. The summed E-state index contributed by atoms with van der Waals surface area (Å²) in [6.45, 7) is 0.416. The molecular weight excluding hydrogens is 317 g/mol. The Balaban J connectivity index is 2.39. The maximum absolute atomic E-state index is 11.4. The van der Waals surface area contributed by atoms with Gasteiger partial charge in [-0.15, -0.1) is 0 Å². The van der Waals surface area contributed by atoms with Gasteiger partial charge in [0.1, 0.15) is 0 Å². The molecule has 0 aliphatic heterocycles. The van der Waals surface area contributed by atoms with E-state index in [-0.39, 0.29) is 6.61 Å². The zero-order valence-electron chi connectivity index (χ0n) is 11.4. The molecule has 0 atom stereocenters. The van der Waals surface area contributed by atoms with Gasteiger partial charge in [-0.05, 0) is 23.8 Å². The van der Waals surface area contributed by atoms with Gasteiger partial charge in [0, 0.05) is 29.8 Å². The van der Waals surface area contributed by atoms with Crippen LogP contribution in [-0.4, -0.2) is 38.7 Å². The summed E-state index contributed by atoms with van der Waals surface area (Å²) >= 11 is 11.7. The van der Waals surface area contributed by atoms with Gasteiger partial charge < -0.3 is 14.8 Å². The van der Waals surface area contributed by atoms with Crippen LogP contribution in [-0.2, 0) is 19.1 Å².